The summed E-state index contributed by atoms with van der Waals surface area (Å²) in [6.45, 7) is 6.69. The van der Waals surface area contributed by atoms with E-state index in [1.54, 1.807) is 12.1 Å². The molecule has 0 saturated heterocycles. The third kappa shape index (κ3) is 6.05. The van der Waals surface area contributed by atoms with Gasteiger partial charge in [0, 0.05) is 12.2 Å². The van der Waals surface area contributed by atoms with Crippen LogP contribution < -0.4 is 9.47 Å². The lowest BCUT2D eigenvalue weighted by atomic mass is 10.0. The molecule has 0 radical (unpaired) electrons. The monoisotopic (exact) mass is 412 g/mol. The largest absolute Gasteiger partial charge is 0.462 e. The molecule has 0 fully saturated rings. The summed E-state index contributed by atoms with van der Waals surface area (Å²) in [7, 11) is 0. The van der Waals surface area contributed by atoms with Gasteiger partial charge in [-0.1, -0.05) is 61.7 Å². The predicted octanol–water partition coefficient (Wildman–Crippen LogP) is 5.69. The van der Waals surface area contributed by atoms with Crippen molar-refractivity contribution in [2.45, 2.75) is 0 Å². The summed E-state index contributed by atoms with van der Waals surface area (Å²) >= 11 is 0. The van der Waals surface area contributed by atoms with E-state index in [4.69, 9.17) is 14.2 Å². The van der Waals surface area contributed by atoms with Gasteiger partial charge in [0.2, 0.25) is 0 Å². The van der Waals surface area contributed by atoms with Crippen LogP contribution in [0.25, 0.3) is 22.3 Å². The maximum absolute atomic E-state index is 11.3. The lowest BCUT2D eigenvalue weighted by Gasteiger charge is -2.07. The SMILES string of the molecule is C=CC(=O)O/C=C\Oc1ccc(-c2ccc(-c3ccc(OC(=O)C=C)cc3)cc2)cc1. The van der Waals surface area contributed by atoms with Crippen molar-refractivity contribution in [1.82, 2.24) is 0 Å². The number of hydrogen-bond acceptors (Lipinski definition) is 5. The Bertz CT molecular complexity index is 1090. The summed E-state index contributed by atoms with van der Waals surface area (Å²) in [6, 6.07) is 22.9. The Hall–Kier alpha value is -4.38. The summed E-state index contributed by atoms with van der Waals surface area (Å²) < 4.78 is 15.2. The van der Waals surface area contributed by atoms with Gasteiger partial charge in [-0.2, -0.15) is 0 Å². The van der Waals surface area contributed by atoms with Crippen LogP contribution in [0.15, 0.2) is 111 Å². The standard InChI is InChI=1S/C26H20O5/c1-3-25(27)30-18-17-29-23-13-9-21(10-14-23)19-5-7-20(8-6-19)22-11-15-24(16-12-22)31-26(28)4-2/h3-18H,1-2H2/b18-17-. The zero-order valence-corrected chi connectivity index (χ0v) is 16.7. The van der Waals surface area contributed by atoms with Crippen LogP contribution in [-0.4, -0.2) is 11.9 Å². The van der Waals surface area contributed by atoms with E-state index in [2.05, 4.69) is 13.2 Å². The van der Waals surface area contributed by atoms with E-state index in [1.807, 2.05) is 60.7 Å². The molecule has 0 spiro atoms. The summed E-state index contributed by atoms with van der Waals surface area (Å²) in [6.07, 6.45) is 4.64. The molecule has 0 unspecified atom stereocenters. The van der Waals surface area contributed by atoms with E-state index in [0.717, 1.165) is 40.7 Å². The Balaban J connectivity index is 1.63. The van der Waals surface area contributed by atoms with Gasteiger partial charge in [0.05, 0.1) is 0 Å². The summed E-state index contributed by atoms with van der Waals surface area (Å²) in [4.78, 5) is 22.2. The minimum absolute atomic E-state index is 0.473. The predicted molar refractivity (Wildman–Crippen MR) is 119 cm³/mol. The quantitative estimate of drug-likeness (QED) is 0.206. The fourth-order valence-electron chi connectivity index (χ4n) is 2.70. The average molecular weight is 412 g/mol. The van der Waals surface area contributed by atoms with E-state index >= 15 is 0 Å². The van der Waals surface area contributed by atoms with E-state index in [9.17, 15) is 9.59 Å². The maximum Gasteiger partial charge on any atom is 0.335 e. The van der Waals surface area contributed by atoms with Gasteiger partial charge in [-0.05, 0) is 46.5 Å². The summed E-state index contributed by atoms with van der Waals surface area (Å²) in [5.41, 5.74) is 4.15. The zero-order valence-electron chi connectivity index (χ0n) is 16.7. The molecule has 3 aromatic carbocycles. The number of carbonyl (C=O) groups excluding carboxylic acids is 2. The Morgan fingerprint density at radius 2 is 1.00 bits per heavy atom. The highest BCUT2D eigenvalue weighted by Crippen LogP contribution is 2.27. The van der Waals surface area contributed by atoms with Crippen molar-refractivity contribution in [3.05, 3.63) is 111 Å². The van der Waals surface area contributed by atoms with Gasteiger partial charge in [0.25, 0.3) is 0 Å². The van der Waals surface area contributed by atoms with Crippen LogP contribution in [0.4, 0.5) is 0 Å². The average Bonchev–Trinajstić information content (AvgIpc) is 2.82. The van der Waals surface area contributed by atoms with Crippen LogP contribution in [0.1, 0.15) is 0 Å². The number of carbonyl (C=O) groups is 2. The third-order valence-electron chi connectivity index (χ3n) is 4.26. The van der Waals surface area contributed by atoms with Crippen LogP contribution in [0.3, 0.4) is 0 Å². The number of esters is 2. The highest BCUT2D eigenvalue weighted by atomic mass is 16.5. The third-order valence-corrected chi connectivity index (χ3v) is 4.26. The smallest absolute Gasteiger partial charge is 0.335 e. The second kappa shape index (κ2) is 10.4. The van der Waals surface area contributed by atoms with E-state index in [0.29, 0.717) is 11.5 Å². The van der Waals surface area contributed by atoms with Crippen molar-refractivity contribution in [3.8, 4) is 33.8 Å². The van der Waals surface area contributed by atoms with E-state index in [-0.39, 0.29) is 0 Å². The zero-order chi connectivity index (χ0) is 22.1. The minimum atomic E-state index is -0.550. The molecule has 0 amide bonds. The first-order chi connectivity index (χ1) is 15.1. The van der Waals surface area contributed by atoms with Crippen molar-refractivity contribution in [3.63, 3.8) is 0 Å². The molecule has 5 nitrogen and oxygen atoms in total. The van der Waals surface area contributed by atoms with Crippen LogP contribution >= 0.6 is 0 Å². The lowest BCUT2D eigenvalue weighted by molar-refractivity contribution is -0.132. The first-order valence-corrected chi connectivity index (χ1v) is 9.39. The Labute approximate surface area is 180 Å². The Kier molecular flexibility index (Phi) is 7.16. The molecular weight excluding hydrogens is 392 g/mol. The molecule has 3 aromatic rings. The normalized spacial score (nSPS) is 10.3. The van der Waals surface area contributed by atoms with Crippen LogP contribution in [0.2, 0.25) is 0 Å². The number of ether oxygens (including phenoxy) is 3. The fraction of sp³-hybridized carbons (Fsp3) is 0. The van der Waals surface area contributed by atoms with E-state index < -0.39 is 11.9 Å². The number of benzene rings is 3. The Morgan fingerprint density at radius 1 is 0.581 bits per heavy atom. The molecule has 0 aliphatic carbocycles. The molecule has 154 valence electrons. The highest BCUT2D eigenvalue weighted by molar-refractivity contribution is 5.83. The molecule has 0 aromatic heterocycles. The highest BCUT2D eigenvalue weighted by Gasteiger charge is 2.03. The molecule has 0 saturated carbocycles. The minimum Gasteiger partial charge on any atom is -0.462 e. The maximum atomic E-state index is 11.3. The first kappa shape index (κ1) is 21.3. The van der Waals surface area contributed by atoms with Gasteiger partial charge < -0.3 is 14.2 Å². The van der Waals surface area contributed by atoms with Gasteiger partial charge in [0.1, 0.15) is 24.0 Å². The van der Waals surface area contributed by atoms with Crippen molar-refractivity contribution in [2.75, 3.05) is 0 Å². The first-order valence-electron chi connectivity index (χ1n) is 9.39. The van der Waals surface area contributed by atoms with Crippen LogP contribution in [-0.2, 0) is 14.3 Å². The second-order valence-corrected chi connectivity index (χ2v) is 6.28. The topological polar surface area (TPSA) is 61.8 Å². The van der Waals surface area contributed by atoms with Gasteiger partial charge in [-0.25, -0.2) is 9.59 Å². The van der Waals surface area contributed by atoms with Gasteiger partial charge in [-0.3, -0.25) is 0 Å². The Morgan fingerprint density at radius 3 is 1.45 bits per heavy atom. The molecule has 0 atom stereocenters. The van der Waals surface area contributed by atoms with Crippen molar-refractivity contribution >= 4 is 11.9 Å². The van der Waals surface area contributed by atoms with Gasteiger partial charge in [-0.15, -0.1) is 0 Å². The van der Waals surface area contributed by atoms with Gasteiger partial charge in [0.15, 0.2) is 0 Å². The van der Waals surface area contributed by atoms with Crippen molar-refractivity contribution in [2.24, 2.45) is 0 Å². The molecule has 0 aliphatic heterocycles. The molecule has 0 aliphatic rings. The van der Waals surface area contributed by atoms with Crippen molar-refractivity contribution in [1.29, 1.82) is 0 Å². The van der Waals surface area contributed by atoms with E-state index in [1.165, 1.54) is 6.26 Å². The lowest BCUT2D eigenvalue weighted by Crippen LogP contribution is -2.02. The molecule has 31 heavy (non-hydrogen) atoms. The van der Waals surface area contributed by atoms with Crippen molar-refractivity contribution < 1.29 is 23.8 Å². The summed E-state index contributed by atoms with van der Waals surface area (Å²) in [5, 5.41) is 0. The fourth-order valence-corrected chi connectivity index (χ4v) is 2.70. The number of hydrogen-bond donors (Lipinski definition) is 0. The summed E-state index contributed by atoms with van der Waals surface area (Å²) in [5.74, 6) is 0.0520. The molecule has 0 bridgehead atoms. The number of rotatable bonds is 8. The molecule has 0 N–H and O–H groups in total. The van der Waals surface area contributed by atoms with Crippen LogP contribution in [0, 0.1) is 0 Å². The molecule has 3 rings (SSSR count). The molecule has 5 heteroatoms. The second-order valence-electron chi connectivity index (χ2n) is 6.28. The molecule has 0 heterocycles. The van der Waals surface area contributed by atoms with Crippen LogP contribution in [0.5, 0.6) is 11.5 Å². The van der Waals surface area contributed by atoms with Gasteiger partial charge >= 0.3 is 11.9 Å². The molecular formula is C26H20O5.